The van der Waals surface area contributed by atoms with Gasteiger partial charge in [-0.3, -0.25) is 0 Å². The van der Waals surface area contributed by atoms with E-state index in [9.17, 15) is 13.2 Å². The number of ether oxygens (including phenoxy) is 1. The van der Waals surface area contributed by atoms with Gasteiger partial charge < -0.3 is 10.5 Å². The summed E-state index contributed by atoms with van der Waals surface area (Å²) in [6.45, 7) is -0.0204. The largest absolute Gasteiger partial charge is 0.473 e. The number of nitrogens with zero attached hydrogens (tertiary/aromatic N) is 2. The zero-order valence-corrected chi connectivity index (χ0v) is 10.7. The van der Waals surface area contributed by atoms with Crippen LogP contribution in [0, 0.1) is 0 Å². The molecular weight excluding hydrogens is 295 g/mol. The fraction of sp³-hybridized carbons (Fsp3) is 0.167. The van der Waals surface area contributed by atoms with Crippen LogP contribution in [0.2, 0.25) is 5.02 Å². The normalized spacial score (nSPS) is 11.4. The summed E-state index contributed by atoms with van der Waals surface area (Å²) in [4.78, 5) is 6.38. The van der Waals surface area contributed by atoms with E-state index in [0.717, 1.165) is 6.07 Å². The molecule has 0 atom stereocenters. The maximum atomic E-state index is 12.5. The summed E-state index contributed by atoms with van der Waals surface area (Å²) in [6.07, 6.45) is -4.68. The molecule has 4 nitrogen and oxygen atoms in total. The lowest BCUT2D eigenvalue weighted by atomic mass is 10.2. The summed E-state index contributed by atoms with van der Waals surface area (Å²) >= 11 is 5.91. The lowest BCUT2D eigenvalue weighted by Gasteiger charge is -2.10. The number of rotatable bonds is 3. The van der Waals surface area contributed by atoms with Gasteiger partial charge >= 0.3 is 6.18 Å². The summed E-state index contributed by atoms with van der Waals surface area (Å²) < 4.78 is 42.7. The van der Waals surface area contributed by atoms with Crippen LogP contribution in [-0.4, -0.2) is 9.97 Å². The van der Waals surface area contributed by atoms with Gasteiger partial charge in [0, 0.05) is 16.7 Å². The summed E-state index contributed by atoms with van der Waals surface area (Å²) in [5, 5.41) is 0.450. The molecule has 0 amide bonds. The van der Waals surface area contributed by atoms with Crippen molar-refractivity contribution >= 4 is 17.4 Å². The highest BCUT2D eigenvalue weighted by Crippen LogP contribution is 2.28. The molecule has 0 spiro atoms. The summed E-state index contributed by atoms with van der Waals surface area (Å²) in [6, 6.07) is 7.93. The van der Waals surface area contributed by atoms with Gasteiger partial charge in [-0.05, 0) is 6.07 Å². The Morgan fingerprint density at radius 1 is 1.20 bits per heavy atom. The number of nitrogens with two attached hydrogens (primary N) is 1. The maximum absolute atomic E-state index is 12.5. The summed E-state index contributed by atoms with van der Waals surface area (Å²) in [7, 11) is 0. The van der Waals surface area contributed by atoms with Crippen LogP contribution in [0.3, 0.4) is 0 Å². The third-order valence-corrected chi connectivity index (χ3v) is 2.68. The fourth-order valence-corrected chi connectivity index (χ4v) is 1.60. The van der Waals surface area contributed by atoms with E-state index in [1.807, 2.05) is 0 Å². The average Bonchev–Trinajstić information content (AvgIpc) is 2.36. The first-order valence-corrected chi connectivity index (χ1v) is 5.82. The molecule has 0 aliphatic rings. The van der Waals surface area contributed by atoms with Crippen LogP contribution < -0.4 is 10.5 Å². The summed E-state index contributed by atoms with van der Waals surface area (Å²) in [5.41, 5.74) is 5.92. The van der Waals surface area contributed by atoms with E-state index in [0.29, 0.717) is 10.6 Å². The minimum absolute atomic E-state index is 0.0204. The Bertz CT molecular complexity index is 619. The van der Waals surface area contributed by atoms with Gasteiger partial charge in [-0.15, -0.1) is 0 Å². The molecule has 0 aliphatic carbocycles. The highest BCUT2D eigenvalue weighted by molar-refractivity contribution is 6.31. The van der Waals surface area contributed by atoms with Gasteiger partial charge in [0.2, 0.25) is 11.7 Å². The zero-order valence-electron chi connectivity index (χ0n) is 9.99. The quantitative estimate of drug-likeness (QED) is 0.945. The van der Waals surface area contributed by atoms with Gasteiger partial charge in [0.15, 0.2) is 0 Å². The second-order valence-corrected chi connectivity index (χ2v) is 4.24. The monoisotopic (exact) mass is 303 g/mol. The Hall–Kier alpha value is -2.02. The number of nitrogen functional groups attached to an aromatic ring is 1. The number of anilines is 1. The van der Waals surface area contributed by atoms with Gasteiger partial charge in [-0.2, -0.15) is 18.2 Å². The Morgan fingerprint density at radius 2 is 1.90 bits per heavy atom. The van der Waals surface area contributed by atoms with Crippen LogP contribution in [0.1, 0.15) is 11.4 Å². The molecule has 106 valence electrons. The number of benzene rings is 1. The second-order valence-electron chi connectivity index (χ2n) is 3.83. The van der Waals surface area contributed by atoms with E-state index >= 15 is 0 Å². The molecule has 1 aromatic heterocycles. The van der Waals surface area contributed by atoms with E-state index in [4.69, 9.17) is 22.1 Å². The predicted octanol–water partition coefficient (Wildman–Crippen LogP) is 3.31. The SMILES string of the molecule is Nc1cc(OCc2ccccc2Cl)nc(C(F)(F)F)n1. The van der Waals surface area contributed by atoms with Crippen LogP contribution >= 0.6 is 11.6 Å². The van der Waals surface area contributed by atoms with Crippen molar-refractivity contribution in [2.45, 2.75) is 12.8 Å². The van der Waals surface area contributed by atoms with Gasteiger partial charge in [0.05, 0.1) is 0 Å². The number of hydrogen-bond acceptors (Lipinski definition) is 4. The molecule has 0 unspecified atom stereocenters. The predicted molar refractivity (Wildman–Crippen MR) is 67.2 cm³/mol. The molecule has 1 aromatic carbocycles. The van der Waals surface area contributed by atoms with Crippen molar-refractivity contribution in [2.75, 3.05) is 5.73 Å². The van der Waals surface area contributed by atoms with Crippen LogP contribution in [0.25, 0.3) is 0 Å². The Kier molecular flexibility index (Phi) is 3.99. The standard InChI is InChI=1S/C12H9ClF3N3O/c13-8-4-2-1-3-7(8)6-20-10-5-9(17)18-11(19-10)12(14,15)16/h1-5H,6H2,(H2,17,18,19). The molecule has 0 saturated heterocycles. The minimum atomic E-state index is -4.68. The van der Waals surface area contributed by atoms with Crippen molar-refractivity contribution in [1.82, 2.24) is 9.97 Å². The molecule has 1 heterocycles. The van der Waals surface area contributed by atoms with E-state index in [1.165, 1.54) is 0 Å². The molecule has 0 aliphatic heterocycles. The van der Waals surface area contributed by atoms with Crippen molar-refractivity contribution in [1.29, 1.82) is 0 Å². The van der Waals surface area contributed by atoms with E-state index in [2.05, 4.69) is 9.97 Å². The third kappa shape index (κ3) is 3.51. The molecule has 0 saturated carbocycles. The molecule has 20 heavy (non-hydrogen) atoms. The Labute approximate surface area is 117 Å². The third-order valence-electron chi connectivity index (χ3n) is 2.31. The molecule has 2 N–H and O–H groups in total. The lowest BCUT2D eigenvalue weighted by molar-refractivity contribution is -0.145. The Balaban J connectivity index is 2.18. The van der Waals surface area contributed by atoms with Crippen molar-refractivity contribution in [3.8, 4) is 5.88 Å². The van der Waals surface area contributed by atoms with Gasteiger partial charge in [-0.1, -0.05) is 29.8 Å². The van der Waals surface area contributed by atoms with Crippen LogP contribution in [-0.2, 0) is 12.8 Å². The van der Waals surface area contributed by atoms with Crippen molar-refractivity contribution in [3.63, 3.8) is 0 Å². The topological polar surface area (TPSA) is 61.0 Å². The highest BCUT2D eigenvalue weighted by atomic mass is 35.5. The van der Waals surface area contributed by atoms with Crippen LogP contribution in [0.5, 0.6) is 5.88 Å². The lowest BCUT2D eigenvalue weighted by Crippen LogP contribution is -2.13. The second kappa shape index (κ2) is 5.54. The van der Waals surface area contributed by atoms with Gasteiger partial charge in [-0.25, -0.2) is 4.98 Å². The highest BCUT2D eigenvalue weighted by Gasteiger charge is 2.35. The molecule has 0 fully saturated rings. The van der Waals surface area contributed by atoms with Crippen molar-refractivity contribution < 1.29 is 17.9 Å². The number of halogens is 4. The zero-order chi connectivity index (χ0) is 14.8. The van der Waals surface area contributed by atoms with E-state index in [-0.39, 0.29) is 18.3 Å². The van der Waals surface area contributed by atoms with Crippen molar-refractivity contribution in [2.24, 2.45) is 0 Å². The first-order chi connectivity index (χ1) is 9.36. The minimum Gasteiger partial charge on any atom is -0.473 e. The van der Waals surface area contributed by atoms with Gasteiger partial charge in [0.1, 0.15) is 12.4 Å². The average molecular weight is 304 g/mol. The van der Waals surface area contributed by atoms with Gasteiger partial charge in [0.25, 0.3) is 0 Å². The smallest absolute Gasteiger partial charge is 0.451 e. The molecule has 2 aromatic rings. The molecule has 0 radical (unpaired) electrons. The molecule has 2 rings (SSSR count). The molecular formula is C12H9ClF3N3O. The Morgan fingerprint density at radius 3 is 2.55 bits per heavy atom. The summed E-state index contributed by atoms with van der Waals surface area (Å²) in [5.74, 6) is -1.92. The van der Waals surface area contributed by atoms with Crippen LogP contribution in [0.4, 0.5) is 19.0 Å². The first kappa shape index (κ1) is 14.4. The van der Waals surface area contributed by atoms with Crippen molar-refractivity contribution in [3.05, 3.63) is 46.7 Å². The number of hydrogen-bond donors (Lipinski definition) is 1. The van der Waals surface area contributed by atoms with E-state index < -0.39 is 12.0 Å². The molecule has 8 heteroatoms. The first-order valence-electron chi connectivity index (χ1n) is 5.44. The number of alkyl halides is 3. The number of aromatic nitrogens is 2. The van der Waals surface area contributed by atoms with Crippen LogP contribution in [0.15, 0.2) is 30.3 Å². The maximum Gasteiger partial charge on any atom is 0.451 e. The fourth-order valence-electron chi connectivity index (χ4n) is 1.41. The molecule has 0 bridgehead atoms. The van der Waals surface area contributed by atoms with E-state index in [1.54, 1.807) is 24.3 Å².